The van der Waals surface area contributed by atoms with Crippen molar-refractivity contribution in [2.24, 2.45) is 0 Å². The molecule has 2 aromatic heterocycles. The minimum atomic E-state index is -3.67. The lowest BCUT2D eigenvalue weighted by Gasteiger charge is -2.06. The Morgan fingerprint density at radius 3 is 2.65 bits per heavy atom. The van der Waals surface area contributed by atoms with Crippen LogP contribution in [0.5, 0.6) is 0 Å². The molecular weight excluding hydrogens is 298 g/mol. The van der Waals surface area contributed by atoms with E-state index < -0.39 is 10.0 Å². The maximum absolute atomic E-state index is 12.3. The summed E-state index contributed by atoms with van der Waals surface area (Å²) in [6.07, 6.45) is 0. The second kappa shape index (κ2) is 5.51. The number of hydrogen-bond acceptors (Lipinski definition) is 6. The van der Waals surface area contributed by atoms with Crippen LogP contribution in [0.4, 0.5) is 5.13 Å². The van der Waals surface area contributed by atoms with Gasteiger partial charge in [0.1, 0.15) is 4.90 Å². The zero-order chi connectivity index (χ0) is 14.9. The maximum Gasteiger partial charge on any atom is 0.267 e. The number of aryl methyl sites for hydroxylation is 2. The molecule has 0 bridgehead atoms. The number of sulfonamides is 1. The summed E-state index contributed by atoms with van der Waals surface area (Å²) in [7, 11) is -1.84. The van der Waals surface area contributed by atoms with Gasteiger partial charge >= 0.3 is 0 Å². The number of thiazole rings is 1. The van der Waals surface area contributed by atoms with Crippen molar-refractivity contribution in [3.8, 4) is 0 Å². The van der Waals surface area contributed by atoms with Crippen molar-refractivity contribution < 1.29 is 8.42 Å². The lowest BCUT2D eigenvalue weighted by molar-refractivity contribution is 0.600. The van der Waals surface area contributed by atoms with E-state index in [4.69, 9.17) is 0 Å². The van der Waals surface area contributed by atoms with Crippen LogP contribution in [-0.4, -0.2) is 30.6 Å². The number of nitrogens with zero attached hydrogens (tertiary/aromatic N) is 2. The standard InChI is InChI=1S/C11H17N5O2S2/c1-6(12-4)9-5-19-11(13-9)16-20(17,18)10-7(2)14-15-8(10)3/h5-6,12H,1-4H3,(H,13,16)(H,14,15). The Balaban J connectivity index is 2.27. The SMILES string of the molecule is CNC(C)c1csc(NS(=O)(=O)c2c(C)n[nH]c2C)n1. The Morgan fingerprint density at radius 2 is 2.10 bits per heavy atom. The van der Waals surface area contributed by atoms with Gasteiger partial charge in [0.15, 0.2) is 5.13 Å². The first kappa shape index (κ1) is 14.9. The van der Waals surface area contributed by atoms with Crippen LogP contribution >= 0.6 is 11.3 Å². The van der Waals surface area contributed by atoms with Gasteiger partial charge in [0.05, 0.1) is 17.1 Å². The number of aromatic nitrogens is 3. The van der Waals surface area contributed by atoms with Crippen molar-refractivity contribution in [1.82, 2.24) is 20.5 Å². The van der Waals surface area contributed by atoms with E-state index in [-0.39, 0.29) is 10.9 Å². The summed E-state index contributed by atoms with van der Waals surface area (Å²) in [5.41, 5.74) is 1.75. The number of aromatic amines is 1. The van der Waals surface area contributed by atoms with Gasteiger partial charge in [-0.15, -0.1) is 11.3 Å². The topological polar surface area (TPSA) is 99.8 Å². The first-order valence-electron chi connectivity index (χ1n) is 6.02. The summed E-state index contributed by atoms with van der Waals surface area (Å²) >= 11 is 1.26. The molecule has 3 N–H and O–H groups in total. The molecule has 0 spiro atoms. The van der Waals surface area contributed by atoms with Crippen molar-refractivity contribution in [2.45, 2.75) is 31.7 Å². The molecule has 1 unspecified atom stereocenters. The van der Waals surface area contributed by atoms with Crippen LogP contribution in [-0.2, 0) is 10.0 Å². The Morgan fingerprint density at radius 1 is 1.40 bits per heavy atom. The van der Waals surface area contributed by atoms with Gasteiger partial charge in [-0.05, 0) is 27.8 Å². The average molecular weight is 315 g/mol. The number of nitrogens with one attached hydrogen (secondary N) is 3. The third-order valence-electron chi connectivity index (χ3n) is 2.95. The summed E-state index contributed by atoms with van der Waals surface area (Å²) in [5, 5.41) is 11.8. The smallest absolute Gasteiger partial charge is 0.267 e. The van der Waals surface area contributed by atoms with Crippen LogP contribution in [0.25, 0.3) is 0 Å². The Labute approximate surface area is 121 Å². The molecule has 0 aliphatic rings. The molecule has 2 aromatic rings. The van der Waals surface area contributed by atoms with E-state index in [2.05, 4.69) is 25.2 Å². The predicted octanol–water partition coefficient (Wildman–Crippen LogP) is 1.56. The minimum Gasteiger partial charge on any atom is -0.312 e. The fraction of sp³-hybridized carbons (Fsp3) is 0.455. The van der Waals surface area contributed by atoms with Crippen LogP contribution in [0.3, 0.4) is 0 Å². The molecular formula is C11H17N5O2S2. The highest BCUT2D eigenvalue weighted by Gasteiger charge is 2.23. The van der Waals surface area contributed by atoms with Crippen LogP contribution in [0.15, 0.2) is 10.3 Å². The van der Waals surface area contributed by atoms with Gasteiger partial charge in [0, 0.05) is 11.4 Å². The van der Waals surface area contributed by atoms with E-state index in [1.807, 2.05) is 19.4 Å². The monoisotopic (exact) mass is 315 g/mol. The van der Waals surface area contributed by atoms with Crippen molar-refractivity contribution in [3.05, 3.63) is 22.5 Å². The second-order valence-corrected chi connectivity index (χ2v) is 6.93. The van der Waals surface area contributed by atoms with E-state index in [0.717, 1.165) is 5.69 Å². The highest BCUT2D eigenvalue weighted by Crippen LogP contribution is 2.25. The van der Waals surface area contributed by atoms with E-state index in [0.29, 0.717) is 16.5 Å². The van der Waals surface area contributed by atoms with E-state index in [1.54, 1.807) is 13.8 Å². The van der Waals surface area contributed by atoms with E-state index in [1.165, 1.54) is 11.3 Å². The zero-order valence-electron chi connectivity index (χ0n) is 11.7. The number of rotatable bonds is 5. The molecule has 0 aliphatic carbocycles. The summed E-state index contributed by atoms with van der Waals surface area (Å²) in [6.45, 7) is 5.27. The number of hydrogen-bond donors (Lipinski definition) is 3. The fourth-order valence-corrected chi connectivity index (χ4v) is 4.21. The van der Waals surface area contributed by atoms with Gasteiger partial charge in [0.2, 0.25) is 0 Å². The molecule has 7 nitrogen and oxygen atoms in total. The molecule has 20 heavy (non-hydrogen) atoms. The molecule has 2 heterocycles. The highest BCUT2D eigenvalue weighted by atomic mass is 32.2. The summed E-state index contributed by atoms with van der Waals surface area (Å²) in [5.74, 6) is 0. The van der Waals surface area contributed by atoms with Crippen LogP contribution in [0, 0.1) is 13.8 Å². The second-order valence-electron chi connectivity index (χ2n) is 4.46. The van der Waals surface area contributed by atoms with Crippen LogP contribution < -0.4 is 10.0 Å². The summed E-state index contributed by atoms with van der Waals surface area (Å²) in [4.78, 5) is 4.45. The molecule has 0 radical (unpaired) electrons. The highest BCUT2D eigenvalue weighted by molar-refractivity contribution is 7.93. The molecule has 110 valence electrons. The van der Waals surface area contributed by atoms with Crippen molar-refractivity contribution in [3.63, 3.8) is 0 Å². The van der Waals surface area contributed by atoms with E-state index in [9.17, 15) is 8.42 Å². The Kier molecular flexibility index (Phi) is 4.11. The molecule has 0 aromatic carbocycles. The quantitative estimate of drug-likeness (QED) is 0.777. The third-order valence-corrected chi connectivity index (χ3v) is 5.46. The van der Waals surface area contributed by atoms with Gasteiger partial charge in [-0.1, -0.05) is 0 Å². The van der Waals surface area contributed by atoms with Crippen LogP contribution in [0.1, 0.15) is 30.0 Å². The molecule has 2 rings (SSSR count). The van der Waals surface area contributed by atoms with Crippen molar-refractivity contribution in [1.29, 1.82) is 0 Å². The molecule has 0 amide bonds. The lowest BCUT2D eigenvalue weighted by atomic mass is 10.3. The lowest BCUT2D eigenvalue weighted by Crippen LogP contribution is -2.15. The molecule has 0 saturated heterocycles. The van der Waals surface area contributed by atoms with E-state index >= 15 is 0 Å². The first-order chi connectivity index (χ1) is 9.35. The van der Waals surface area contributed by atoms with Gasteiger partial charge in [-0.2, -0.15) is 5.10 Å². The predicted molar refractivity (Wildman–Crippen MR) is 78.5 cm³/mol. The molecule has 9 heteroatoms. The fourth-order valence-electron chi connectivity index (χ4n) is 1.78. The summed E-state index contributed by atoms with van der Waals surface area (Å²) < 4.78 is 27.2. The normalized spacial score (nSPS) is 13.4. The van der Waals surface area contributed by atoms with Gasteiger partial charge in [-0.3, -0.25) is 9.82 Å². The zero-order valence-corrected chi connectivity index (χ0v) is 13.3. The number of H-pyrrole nitrogens is 1. The molecule has 0 aliphatic heterocycles. The Bertz CT molecular complexity index is 685. The van der Waals surface area contributed by atoms with Gasteiger partial charge < -0.3 is 5.32 Å². The first-order valence-corrected chi connectivity index (χ1v) is 8.38. The summed E-state index contributed by atoms with van der Waals surface area (Å²) in [6, 6.07) is 0.0712. The average Bonchev–Trinajstić information content (AvgIpc) is 2.95. The Hall–Kier alpha value is -1.45. The van der Waals surface area contributed by atoms with Crippen molar-refractivity contribution >= 4 is 26.5 Å². The van der Waals surface area contributed by atoms with Crippen molar-refractivity contribution in [2.75, 3.05) is 11.8 Å². The molecule has 0 saturated carbocycles. The molecule has 0 fully saturated rings. The maximum atomic E-state index is 12.3. The third kappa shape index (κ3) is 2.84. The van der Waals surface area contributed by atoms with Gasteiger partial charge in [0.25, 0.3) is 10.0 Å². The molecule has 1 atom stereocenters. The van der Waals surface area contributed by atoms with Gasteiger partial charge in [-0.25, -0.2) is 13.4 Å². The van der Waals surface area contributed by atoms with Crippen LogP contribution in [0.2, 0.25) is 0 Å². The largest absolute Gasteiger partial charge is 0.312 e. The minimum absolute atomic E-state index is 0.0712. The number of anilines is 1.